The number of nitrogens with zero attached hydrogens (tertiary/aromatic N) is 3. The number of carboxylic acid groups (broad SMARTS) is 1. The first-order valence-electron chi connectivity index (χ1n) is 10.3. The van der Waals surface area contributed by atoms with E-state index in [4.69, 9.17) is 11.6 Å². The molecule has 2 heterocycles. The van der Waals surface area contributed by atoms with Crippen molar-refractivity contribution in [3.8, 4) is 0 Å². The van der Waals surface area contributed by atoms with Crippen LogP contribution in [0.1, 0.15) is 40.5 Å². The van der Waals surface area contributed by atoms with Crippen molar-refractivity contribution in [2.24, 2.45) is 0 Å². The van der Waals surface area contributed by atoms with Crippen LogP contribution in [0.15, 0.2) is 59.7 Å². The quantitative estimate of drug-likeness (QED) is 0.419. The lowest BCUT2D eigenvalue weighted by molar-refractivity contribution is 0.0695. The van der Waals surface area contributed by atoms with Gasteiger partial charge in [-0.2, -0.15) is 0 Å². The van der Waals surface area contributed by atoms with Gasteiger partial charge in [-0.1, -0.05) is 23.7 Å². The van der Waals surface area contributed by atoms with Gasteiger partial charge in [0, 0.05) is 35.3 Å². The van der Waals surface area contributed by atoms with Crippen LogP contribution in [0.25, 0.3) is 10.9 Å². The maximum atomic E-state index is 14.9. The van der Waals surface area contributed by atoms with Crippen molar-refractivity contribution >= 4 is 40.1 Å². The van der Waals surface area contributed by atoms with Crippen LogP contribution in [0, 0.1) is 5.82 Å². The predicted molar refractivity (Wildman–Crippen MR) is 123 cm³/mol. The molecule has 1 saturated carbocycles. The molecule has 0 aliphatic heterocycles. The van der Waals surface area contributed by atoms with Crippen molar-refractivity contribution < 1.29 is 14.3 Å². The fourth-order valence-electron chi connectivity index (χ4n) is 3.76. The second-order valence-corrected chi connectivity index (χ2v) is 8.40. The van der Waals surface area contributed by atoms with E-state index in [-0.39, 0.29) is 28.6 Å². The summed E-state index contributed by atoms with van der Waals surface area (Å²) in [5, 5.41) is 12.9. The molecule has 7 nitrogen and oxygen atoms in total. The Balaban J connectivity index is 1.50. The molecule has 0 atom stereocenters. The molecule has 4 aromatic rings. The third-order valence-corrected chi connectivity index (χ3v) is 5.80. The summed E-state index contributed by atoms with van der Waals surface area (Å²) in [7, 11) is 0. The van der Waals surface area contributed by atoms with E-state index in [1.165, 1.54) is 12.3 Å². The molecule has 166 valence electrons. The monoisotopic (exact) mass is 464 g/mol. The summed E-state index contributed by atoms with van der Waals surface area (Å²) >= 11 is 5.93. The van der Waals surface area contributed by atoms with Crippen LogP contribution in [0.3, 0.4) is 0 Å². The molecule has 0 unspecified atom stereocenters. The van der Waals surface area contributed by atoms with E-state index in [9.17, 15) is 19.1 Å². The first kappa shape index (κ1) is 21.1. The Morgan fingerprint density at radius 3 is 2.67 bits per heavy atom. The molecule has 2 N–H and O–H groups in total. The molecule has 0 radical (unpaired) electrons. The molecular formula is C24H18ClFN4O3. The number of anilines is 2. The number of hydrogen-bond donors (Lipinski definition) is 2. The zero-order valence-electron chi connectivity index (χ0n) is 17.3. The number of carboxylic acids is 1. The average molecular weight is 465 g/mol. The lowest BCUT2D eigenvalue weighted by atomic mass is 10.1. The summed E-state index contributed by atoms with van der Waals surface area (Å²) < 4.78 is 16.7. The second-order valence-electron chi connectivity index (χ2n) is 7.96. The van der Waals surface area contributed by atoms with Gasteiger partial charge in [0.25, 0.3) is 0 Å². The van der Waals surface area contributed by atoms with E-state index in [2.05, 4.69) is 15.3 Å². The van der Waals surface area contributed by atoms with Crippen LogP contribution < -0.4 is 10.7 Å². The summed E-state index contributed by atoms with van der Waals surface area (Å²) in [5.41, 5.74) is 1.24. The van der Waals surface area contributed by atoms with E-state index >= 15 is 0 Å². The van der Waals surface area contributed by atoms with Crippen molar-refractivity contribution in [1.29, 1.82) is 0 Å². The molecule has 0 saturated heterocycles. The molecular weight excluding hydrogens is 447 g/mol. The lowest BCUT2D eigenvalue weighted by Gasteiger charge is -2.14. The number of pyridine rings is 1. The smallest absolute Gasteiger partial charge is 0.341 e. The Morgan fingerprint density at radius 2 is 1.97 bits per heavy atom. The van der Waals surface area contributed by atoms with Crippen molar-refractivity contribution in [1.82, 2.24) is 14.5 Å². The Bertz CT molecular complexity index is 1450. The normalized spacial score (nSPS) is 13.3. The van der Waals surface area contributed by atoms with Gasteiger partial charge in [-0.25, -0.2) is 19.2 Å². The van der Waals surface area contributed by atoms with Gasteiger partial charge in [0.15, 0.2) is 0 Å². The summed E-state index contributed by atoms with van der Waals surface area (Å²) in [6, 6.07) is 11.9. The third kappa shape index (κ3) is 4.29. The van der Waals surface area contributed by atoms with Crippen molar-refractivity contribution in [2.45, 2.75) is 25.3 Å². The topological polar surface area (TPSA) is 97.1 Å². The van der Waals surface area contributed by atoms with Crippen molar-refractivity contribution in [3.63, 3.8) is 0 Å². The summed E-state index contributed by atoms with van der Waals surface area (Å²) in [5.74, 6) is -1.82. The number of halogens is 2. The Kier molecular flexibility index (Phi) is 5.30. The van der Waals surface area contributed by atoms with Gasteiger partial charge in [-0.3, -0.25) is 4.79 Å². The molecule has 5 rings (SSSR count). The number of nitrogens with one attached hydrogen (secondary N) is 1. The first-order valence-corrected chi connectivity index (χ1v) is 10.7. The zero-order valence-corrected chi connectivity index (χ0v) is 18.0. The third-order valence-electron chi connectivity index (χ3n) is 5.55. The highest BCUT2D eigenvalue weighted by molar-refractivity contribution is 6.30. The fraction of sp³-hybridized carbons (Fsp3) is 0.167. The molecule has 9 heteroatoms. The predicted octanol–water partition coefficient (Wildman–Crippen LogP) is 4.95. The highest BCUT2D eigenvalue weighted by Crippen LogP contribution is 2.38. The fourth-order valence-corrected chi connectivity index (χ4v) is 3.89. The zero-order chi connectivity index (χ0) is 23.1. The minimum Gasteiger partial charge on any atom is -0.477 e. The first-order chi connectivity index (χ1) is 15.9. The van der Waals surface area contributed by atoms with Crippen LogP contribution >= 0.6 is 11.6 Å². The molecule has 0 spiro atoms. The Hall–Kier alpha value is -3.78. The molecule has 1 fully saturated rings. The van der Waals surface area contributed by atoms with Crippen LogP contribution in [0.5, 0.6) is 0 Å². The van der Waals surface area contributed by atoms with Crippen molar-refractivity contribution in [3.05, 3.63) is 92.7 Å². The van der Waals surface area contributed by atoms with E-state index in [1.807, 2.05) is 12.1 Å². The molecule has 1 aliphatic rings. The molecule has 2 aromatic carbocycles. The highest BCUT2D eigenvalue weighted by atomic mass is 35.5. The average Bonchev–Trinajstić information content (AvgIpc) is 3.62. The summed E-state index contributed by atoms with van der Waals surface area (Å²) in [4.78, 5) is 32.7. The Labute approximate surface area is 192 Å². The van der Waals surface area contributed by atoms with Crippen LogP contribution in [0.2, 0.25) is 5.02 Å². The maximum Gasteiger partial charge on any atom is 0.341 e. The number of fused-ring (bicyclic) bond motifs is 1. The number of aromatic carboxylic acids is 1. The highest BCUT2D eigenvalue weighted by Gasteiger charge is 2.27. The summed E-state index contributed by atoms with van der Waals surface area (Å²) in [6.45, 7) is 0. The minimum atomic E-state index is -1.33. The van der Waals surface area contributed by atoms with Crippen LogP contribution in [-0.2, 0) is 6.42 Å². The lowest BCUT2D eigenvalue weighted by Crippen LogP contribution is -2.19. The standard InChI is InChI=1S/C24H18ClFN4O3/c25-14-3-1-13(2-4-14)9-15-7-8-27-24(28-15)29-20-11-21-17(10-19(20)26)22(31)18(23(32)33)12-30(21)16-5-6-16/h1-4,7-8,10-12,16H,5-6,9H2,(H,32,33)(H,27,28,29). The van der Waals surface area contributed by atoms with Gasteiger partial charge in [-0.05, 0) is 48.7 Å². The summed E-state index contributed by atoms with van der Waals surface area (Å²) in [6.07, 6.45) is 5.21. The number of carbonyl (C=O) groups is 1. The van der Waals surface area contributed by atoms with E-state index in [0.29, 0.717) is 17.0 Å². The van der Waals surface area contributed by atoms with Gasteiger partial charge in [-0.15, -0.1) is 0 Å². The van der Waals surface area contributed by atoms with E-state index in [1.54, 1.807) is 29.0 Å². The van der Waals surface area contributed by atoms with E-state index in [0.717, 1.165) is 30.2 Å². The largest absolute Gasteiger partial charge is 0.477 e. The van der Waals surface area contributed by atoms with Crippen LogP contribution in [-0.4, -0.2) is 25.6 Å². The SMILES string of the molecule is O=C(O)c1cn(C2CC2)c2cc(Nc3nccc(Cc4ccc(Cl)cc4)n3)c(F)cc2c1=O. The number of rotatable bonds is 6. The van der Waals surface area contributed by atoms with Gasteiger partial charge in [0.1, 0.15) is 11.4 Å². The number of aromatic nitrogens is 3. The molecule has 33 heavy (non-hydrogen) atoms. The minimum absolute atomic E-state index is 0.0299. The Morgan fingerprint density at radius 1 is 1.21 bits per heavy atom. The number of benzene rings is 2. The number of hydrogen-bond acceptors (Lipinski definition) is 5. The van der Waals surface area contributed by atoms with Gasteiger partial charge in [0.2, 0.25) is 11.4 Å². The molecule has 2 aromatic heterocycles. The van der Waals surface area contributed by atoms with Crippen molar-refractivity contribution in [2.75, 3.05) is 5.32 Å². The second kappa shape index (κ2) is 8.29. The van der Waals surface area contributed by atoms with E-state index < -0.39 is 17.2 Å². The molecule has 0 amide bonds. The van der Waals surface area contributed by atoms with Gasteiger partial charge >= 0.3 is 5.97 Å². The molecule has 1 aliphatic carbocycles. The van der Waals surface area contributed by atoms with Crippen LogP contribution in [0.4, 0.5) is 16.0 Å². The van der Waals surface area contributed by atoms with Gasteiger partial charge < -0.3 is 15.0 Å². The van der Waals surface area contributed by atoms with Gasteiger partial charge in [0.05, 0.1) is 16.9 Å². The molecule has 0 bridgehead atoms. The maximum absolute atomic E-state index is 14.9.